The number of aliphatic hydroxyl groups is 1. The van der Waals surface area contributed by atoms with Crippen molar-refractivity contribution in [3.05, 3.63) is 65.2 Å². The molecule has 2 aromatic carbocycles. The van der Waals surface area contributed by atoms with Gasteiger partial charge < -0.3 is 9.84 Å². The molecule has 0 aliphatic heterocycles. The van der Waals surface area contributed by atoms with Crippen LogP contribution in [0.2, 0.25) is 0 Å². The smallest absolute Gasteiger partial charge is 0.125 e. The van der Waals surface area contributed by atoms with Crippen LogP contribution in [0.15, 0.2) is 48.5 Å². The minimum absolute atomic E-state index is 0.412. The predicted octanol–water partition coefficient (Wildman–Crippen LogP) is 3.19. The Morgan fingerprint density at radius 1 is 1.16 bits per heavy atom. The molecule has 19 heavy (non-hydrogen) atoms. The molecular weight excluding hydrogens is 238 g/mol. The number of benzene rings is 2. The summed E-state index contributed by atoms with van der Waals surface area (Å²) < 4.78 is 5.72. The maximum atomic E-state index is 9.65. The monoisotopic (exact) mass is 253 g/mol. The number of para-hydroxylation sites is 1. The average Bonchev–Trinajstić information content (AvgIpc) is 2.46. The van der Waals surface area contributed by atoms with Gasteiger partial charge >= 0.3 is 0 Å². The van der Waals surface area contributed by atoms with Gasteiger partial charge in [0.2, 0.25) is 0 Å². The third-order valence-electron chi connectivity index (χ3n) is 2.85. The van der Waals surface area contributed by atoms with E-state index in [1.54, 1.807) is 19.1 Å². The number of hydrogen-bond donors (Lipinski definition) is 1. The fourth-order valence-electron chi connectivity index (χ4n) is 1.79. The molecule has 0 fully saturated rings. The van der Waals surface area contributed by atoms with Crippen molar-refractivity contribution in [2.45, 2.75) is 19.6 Å². The second kappa shape index (κ2) is 6.03. The van der Waals surface area contributed by atoms with Gasteiger partial charge in [-0.15, -0.1) is 0 Å². The zero-order valence-corrected chi connectivity index (χ0v) is 10.7. The molecule has 0 aliphatic rings. The Balaban J connectivity index is 2.08. The SMILES string of the molecule is C[C@H](O)c1ccccc1OCc1ccc(C#N)cc1. The van der Waals surface area contributed by atoms with E-state index in [9.17, 15) is 5.11 Å². The molecule has 0 aromatic heterocycles. The summed E-state index contributed by atoms with van der Waals surface area (Å²) in [5.41, 5.74) is 2.39. The van der Waals surface area contributed by atoms with E-state index in [1.807, 2.05) is 36.4 Å². The van der Waals surface area contributed by atoms with E-state index < -0.39 is 6.10 Å². The molecule has 0 saturated heterocycles. The maximum absolute atomic E-state index is 9.65. The van der Waals surface area contributed by atoms with Crippen LogP contribution in [0.4, 0.5) is 0 Å². The van der Waals surface area contributed by atoms with Gasteiger partial charge in [-0.1, -0.05) is 30.3 Å². The Labute approximate surface area is 112 Å². The fraction of sp³-hybridized carbons (Fsp3) is 0.188. The van der Waals surface area contributed by atoms with Crippen LogP contribution < -0.4 is 4.74 Å². The molecule has 1 atom stereocenters. The van der Waals surface area contributed by atoms with Crippen LogP contribution in [0.5, 0.6) is 5.75 Å². The Morgan fingerprint density at radius 2 is 1.84 bits per heavy atom. The van der Waals surface area contributed by atoms with Crippen molar-refractivity contribution < 1.29 is 9.84 Å². The van der Waals surface area contributed by atoms with Gasteiger partial charge in [0, 0.05) is 5.56 Å². The van der Waals surface area contributed by atoms with E-state index in [2.05, 4.69) is 6.07 Å². The minimum Gasteiger partial charge on any atom is -0.489 e. The van der Waals surface area contributed by atoms with Crippen LogP contribution in [-0.2, 0) is 6.61 Å². The summed E-state index contributed by atoms with van der Waals surface area (Å²) in [6.07, 6.45) is -0.558. The zero-order chi connectivity index (χ0) is 13.7. The number of ether oxygens (including phenoxy) is 1. The molecule has 1 N–H and O–H groups in total. The maximum Gasteiger partial charge on any atom is 0.125 e. The van der Waals surface area contributed by atoms with E-state index in [1.165, 1.54) is 0 Å². The van der Waals surface area contributed by atoms with Crippen LogP contribution in [0.25, 0.3) is 0 Å². The molecular formula is C16H15NO2. The van der Waals surface area contributed by atoms with E-state index in [4.69, 9.17) is 10.00 Å². The molecule has 0 amide bonds. The van der Waals surface area contributed by atoms with Crippen molar-refractivity contribution in [1.82, 2.24) is 0 Å². The molecule has 0 radical (unpaired) electrons. The lowest BCUT2D eigenvalue weighted by Gasteiger charge is -2.13. The summed E-state index contributed by atoms with van der Waals surface area (Å²) in [5, 5.41) is 18.4. The van der Waals surface area contributed by atoms with Gasteiger partial charge in [0.1, 0.15) is 12.4 Å². The molecule has 2 rings (SSSR count). The molecule has 3 heteroatoms. The Kier molecular flexibility index (Phi) is 4.17. The van der Waals surface area contributed by atoms with Gasteiger partial charge in [0.15, 0.2) is 0 Å². The van der Waals surface area contributed by atoms with E-state index in [-0.39, 0.29) is 0 Å². The number of hydrogen-bond acceptors (Lipinski definition) is 3. The van der Waals surface area contributed by atoms with Crippen molar-refractivity contribution in [2.24, 2.45) is 0 Å². The Morgan fingerprint density at radius 3 is 2.47 bits per heavy atom. The van der Waals surface area contributed by atoms with Crippen molar-refractivity contribution in [2.75, 3.05) is 0 Å². The lowest BCUT2D eigenvalue weighted by Crippen LogP contribution is -2.00. The first kappa shape index (κ1) is 13.1. The third kappa shape index (κ3) is 3.34. The van der Waals surface area contributed by atoms with E-state index >= 15 is 0 Å². The normalized spacial score (nSPS) is 11.6. The molecule has 0 spiro atoms. The third-order valence-corrected chi connectivity index (χ3v) is 2.85. The average molecular weight is 253 g/mol. The summed E-state index contributed by atoms with van der Waals surface area (Å²) in [5.74, 6) is 0.682. The second-order valence-electron chi connectivity index (χ2n) is 4.31. The summed E-state index contributed by atoms with van der Waals surface area (Å²) in [7, 11) is 0. The highest BCUT2D eigenvalue weighted by Crippen LogP contribution is 2.25. The van der Waals surface area contributed by atoms with Gasteiger partial charge in [0.25, 0.3) is 0 Å². The molecule has 96 valence electrons. The first-order valence-corrected chi connectivity index (χ1v) is 6.09. The lowest BCUT2D eigenvalue weighted by molar-refractivity contribution is 0.190. The molecule has 2 aromatic rings. The second-order valence-corrected chi connectivity index (χ2v) is 4.31. The quantitative estimate of drug-likeness (QED) is 0.910. The van der Waals surface area contributed by atoms with E-state index in [0.29, 0.717) is 17.9 Å². The van der Waals surface area contributed by atoms with Gasteiger partial charge in [0.05, 0.1) is 17.7 Å². The Hall–Kier alpha value is -2.31. The van der Waals surface area contributed by atoms with Gasteiger partial charge in [-0.2, -0.15) is 5.26 Å². The highest BCUT2D eigenvalue weighted by atomic mass is 16.5. The summed E-state index contributed by atoms with van der Waals surface area (Å²) in [6.45, 7) is 2.12. The van der Waals surface area contributed by atoms with Crippen LogP contribution in [0, 0.1) is 11.3 Å². The van der Waals surface area contributed by atoms with Gasteiger partial charge in [-0.05, 0) is 30.7 Å². The van der Waals surface area contributed by atoms with Crippen LogP contribution in [-0.4, -0.2) is 5.11 Å². The molecule has 0 saturated carbocycles. The summed E-state index contributed by atoms with van der Waals surface area (Å²) in [4.78, 5) is 0. The highest BCUT2D eigenvalue weighted by Gasteiger charge is 2.08. The van der Waals surface area contributed by atoms with Crippen molar-refractivity contribution in [3.8, 4) is 11.8 Å². The number of nitriles is 1. The van der Waals surface area contributed by atoms with E-state index in [0.717, 1.165) is 11.1 Å². The topological polar surface area (TPSA) is 53.2 Å². The van der Waals surface area contributed by atoms with Crippen molar-refractivity contribution in [3.63, 3.8) is 0 Å². The first-order chi connectivity index (χ1) is 9.20. The largest absolute Gasteiger partial charge is 0.489 e. The summed E-state index contributed by atoms with van der Waals surface area (Å²) in [6, 6.07) is 16.8. The molecule has 0 unspecified atom stereocenters. The van der Waals surface area contributed by atoms with Crippen LogP contribution in [0.3, 0.4) is 0 Å². The molecule has 0 heterocycles. The standard InChI is InChI=1S/C16H15NO2/c1-12(18)15-4-2-3-5-16(15)19-11-14-8-6-13(10-17)7-9-14/h2-9,12,18H,11H2,1H3/t12-/m0/s1. The molecule has 0 bridgehead atoms. The molecule has 3 nitrogen and oxygen atoms in total. The number of aliphatic hydroxyl groups excluding tert-OH is 1. The van der Waals surface area contributed by atoms with Crippen molar-refractivity contribution in [1.29, 1.82) is 5.26 Å². The lowest BCUT2D eigenvalue weighted by atomic mass is 10.1. The summed E-state index contributed by atoms with van der Waals surface area (Å²) >= 11 is 0. The van der Waals surface area contributed by atoms with Gasteiger partial charge in [-0.25, -0.2) is 0 Å². The predicted molar refractivity (Wildman–Crippen MR) is 72.6 cm³/mol. The zero-order valence-electron chi connectivity index (χ0n) is 10.7. The first-order valence-electron chi connectivity index (χ1n) is 6.09. The van der Waals surface area contributed by atoms with Crippen LogP contribution in [0.1, 0.15) is 29.7 Å². The number of rotatable bonds is 4. The Bertz CT molecular complexity index is 582. The van der Waals surface area contributed by atoms with Crippen molar-refractivity contribution >= 4 is 0 Å². The fourth-order valence-corrected chi connectivity index (χ4v) is 1.79. The number of nitrogens with zero attached hydrogens (tertiary/aromatic N) is 1. The van der Waals surface area contributed by atoms with Crippen LogP contribution >= 0.6 is 0 Å². The van der Waals surface area contributed by atoms with Gasteiger partial charge in [-0.3, -0.25) is 0 Å². The minimum atomic E-state index is -0.558. The highest BCUT2D eigenvalue weighted by molar-refractivity contribution is 5.35. The molecule has 0 aliphatic carbocycles.